The first kappa shape index (κ1) is 15.3. The predicted octanol–water partition coefficient (Wildman–Crippen LogP) is 2.20. The highest BCUT2D eigenvalue weighted by Gasteiger charge is 2.07. The second-order valence-electron chi connectivity index (χ2n) is 4.91. The summed E-state index contributed by atoms with van der Waals surface area (Å²) in [5, 5.41) is 6.90. The van der Waals surface area contributed by atoms with Gasteiger partial charge in [0.15, 0.2) is 17.8 Å². The first-order valence-electron chi connectivity index (χ1n) is 6.99. The molecule has 6 heteroatoms. The highest BCUT2D eigenvalue weighted by Crippen LogP contribution is 2.28. The Labute approximate surface area is 124 Å². The molecule has 1 N–H and O–H groups in total. The van der Waals surface area contributed by atoms with Gasteiger partial charge in [-0.25, -0.2) is 0 Å². The van der Waals surface area contributed by atoms with E-state index in [2.05, 4.69) is 15.5 Å². The molecule has 0 radical (unpaired) electrons. The maximum Gasteiger partial charge on any atom is 0.227 e. The fourth-order valence-corrected chi connectivity index (χ4v) is 1.91. The summed E-state index contributed by atoms with van der Waals surface area (Å²) in [6.07, 6.45) is 2.25. The van der Waals surface area contributed by atoms with Crippen molar-refractivity contribution >= 4 is 0 Å². The second kappa shape index (κ2) is 7.64. The molecule has 21 heavy (non-hydrogen) atoms. The van der Waals surface area contributed by atoms with Crippen LogP contribution in [0.15, 0.2) is 29.0 Å². The van der Waals surface area contributed by atoms with Crippen LogP contribution in [0.5, 0.6) is 11.5 Å². The predicted molar refractivity (Wildman–Crippen MR) is 78.5 cm³/mol. The minimum absolute atomic E-state index is 0.122. The van der Waals surface area contributed by atoms with Crippen molar-refractivity contribution in [2.24, 2.45) is 0 Å². The van der Waals surface area contributed by atoms with Crippen molar-refractivity contribution < 1.29 is 14.0 Å². The summed E-state index contributed by atoms with van der Waals surface area (Å²) in [5.74, 6) is 2.16. The molecule has 0 aliphatic rings. The Hall–Kier alpha value is -2.08. The van der Waals surface area contributed by atoms with Crippen LogP contribution in [0.1, 0.15) is 25.3 Å². The minimum Gasteiger partial charge on any atom is -0.493 e. The summed E-state index contributed by atoms with van der Waals surface area (Å²) in [7, 11) is 1.65. The van der Waals surface area contributed by atoms with Crippen LogP contribution in [0.2, 0.25) is 0 Å². The number of methoxy groups -OCH3 is 1. The van der Waals surface area contributed by atoms with E-state index in [1.807, 2.05) is 32.0 Å². The lowest BCUT2D eigenvalue weighted by molar-refractivity contribution is 0.230. The van der Waals surface area contributed by atoms with Crippen LogP contribution < -0.4 is 14.8 Å². The number of nitrogens with zero attached hydrogens (tertiary/aromatic N) is 2. The summed E-state index contributed by atoms with van der Waals surface area (Å²) < 4.78 is 16.0. The normalized spacial score (nSPS) is 10.9. The van der Waals surface area contributed by atoms with Gasteiger partial charge >= 0.3 is 0 Å². The van der Waals surface area contributed by atoms with Crippen molar-refractivity contribution in [1.29, 1.82) is 0 Å². The lowest BCUT2D eigenvalue weighted by atomic mass is 10.2. The van der Waals surface area contributed by atoms with E-state index in [-0.39, 0.29) is 6.10 Å². The number of hydrogen-bond acceptors (Lipinski definition) is 6. The van der Waals surface area contributed by atoms with Crippen LogP contribution in [-0.4, -0.2) is 29.9 Å². The molecule has 0 saturated carbocycles. The molecule has 0 aliphatic heterocycles. The molecule has 1 aromatic carbocycles. The van der Waals surface area contributed by atoms with Gasteiger partial charge in [0.25, 0.3) is 0 Å². The number of aromatic nitrogens is 2. The molecule has 1 heterocycles. The van der Waals surface area contributed by atoms with Gasteiger partial charge in [-0.05, 0) is 31.5 Å². The molecule has 1 aromatic heterocycles. The fourth-order valence-electron chi connectivity index (χ4n) is 1.91. The van der Waals surface area contributed by atoms with Gasteiger partial charge in [0.2, 0.25) is 5.89 Å². The molecule has 6 nitrogen and oxygen atoms in total. The molecule has 0 fully saturated rings. The Morgan fingerprint density at radius 1 is 1.29 bits per heavy atom. The molecular formula is C15H21N3O3. The SMILES string of the molecule is COc1cc(CNCCc2ncno2)ccc1OC(C)C. The van der Waals surface area contributed by atoms with E-state index in [9.17, 15) is 0 Å². The summed E-state index contributed by atoms with van der Waals surface area (Å²) in [6, 6.07) is 5.95. The molecular weight excluding hydrogens is 270 g/mol. The lowest BCUT2D eigenvalue weighted by Gasteiger charge is -2.14. The Morgan fingerprint density at radius 2 is 2.14 bits per heavy atom. The van der Waals surface area contributed by atoms with Gasteiger partial charge in [-0.15, -0.1) is 0 Å². The minimum atomic E-state index is 0.122. The lowest BCUT2D eigenvalue weighted by Crippen LogP contribution is -2.17. The Morgan fingerprint density at radius 3 is 2.81 bits per heavy atom. The number of benzene rings is 1. The first-order chi connectivity index (χ1) is 10.2. The second-order valence-corrected chi connectivity index (χ2v) is 4.91. The van der Waals surface area contributed by atoms with E-state index in [1.165, 1.54) is 6.33 Å². The number of ether oxygens (including phenoxy) is 2. The summed E-state index contributed by atoms with van der Waals surface area (Å²) in [6.45, 7) is 5.50. The summed E-state index contributed by atoms with van der Waals surface area (Å²) in [4.78, 5) is 3.97. The number of hydrogen-bond donors (Lipinski definition) is 1. The van der Waals surface area contributed by atoms with Gasteiger partial charge in [-0.1, -0.05) is 11.2 Å². The van der Waals surface area contributed by atoms with Gasteiger partial charge in [-0.2, -0.15) is 4.98 Å². The molecule has 0 bridgehead atoms. The van der Waals surface area contributed by atoms with Crippen LogP contribution in [0.3, 0.4) is 0 Å². The van der Waals surface area contributed by atoms with Crippen LogP contribution in [0, 0.1) is 0 Å². The van der Waals surface area contributed by atoms with Crippen LogP contribution in [0.4, 0.5) is 0 Å². The van der Waals surface area contributed by atoms with Gasteiger partial charge in [-0.3, -0.25) is 0 Å². The smallest absolute Gasteiger partial charge is 0.227 e. The van der Waals surface area contributed by atoms with Gasteiger partial charge < -0.3 is 19.3 Å². The number of rotatable bonds is 8. The van der Waals surface area contributed by atoms with Gasteiger partial charge in [0, 0.05) is 19.5 Å². The first-order valence-corrected chi connectivity index (χ1v) is 6.99. The zero-order valence-corrected chi connectivity index (χ0v) is 12.6. The Bertz CT molecular complexity index is 541. The van der Waals surface area contributed by atoms with Crippen molar-refractivity contribution in [3.63, 3.8) is 0 Å². The van der Waals surface area contributed by atoms with Crippen molar-refractivity contribution in [2.45, 2.75) is 32.9 Å². The Kier molecular flexibility index (Phi) is 5.57. The van der Waals surface area contributed by atoms with Crippen LogP contribution in [-0.2, 0) is 13.0 Å². The maximum absolute atomic E-state index is 5.69. The van der Waals surface area contributed by atoms with E-state index in [4.69, 9.17) is 14.0 Å². The van der Waals surface area contributed by atoms with E-state index < -0.39 is 0 Å². The molecule has 0 spiro atoms. The summed E-state index contributed by atoms with van der Waals surface area (Å²) >= 11 is 0. The average molecular weight is 291 g/mol. The molecule has 0 atom stereocenters. The van der Waals surface area contributed by atoms with Gasteiger partial charge in [0.1, 0.15) is 0 Å². The van der Waals surface area contributed by atoms with Gasteiger partial charge in [0.05, 0.1) is 13.2 Å². The average Bonchev–Trinajstić information content (AvgIpc) is 2.97. The number of nitrogens with one attached hydrogen (secondary N) is 1. The van der Waals surface area contributed by atoms with E-state index in [0.29, 0.717) is 12.3 Å². The molecule has 0 unspecified atom stereocenters. The topological polar surface area (TPSA) is 69.4 Å². The fraction of sp³-hybridized carbons (Fsp3) is 0.467. The molecule has 2 aromatic rings. The van der Waals surface area contributed by atoms with Crippen molar-refractivity contribution in [2.75, 3.05) is 13.7 Å². The van der Waals surface area contributed by atoms with E-state index in [0.717, 1.165) is 30.2 Å². The molecule has 0 saturated heterocycles. The van der Waals surface area contributed by atoms with Crippen molar-refractivity contribution in [3.8, 4) is 11.5 Å². The zero-order chi connectivity index (χ0) is 15.1. The monoisotopic (exact) mass is 291 g/mol. The summed E-state index contributed by atoms with van der Waals surface area (Å²) in [5.41, 5.74) is 1.13. The van der Waals surface area contributed by atoms with E-state index in [1.54, 1.807) is 7.11 Å². The maximum atomic E-state index is 5.69. The highest BCUT2D eigenvalue weighted by molar-refractivity contribution is 5.43. The molecule has 2 rings (SSSR count). The quantitative estimate of drug-likeness (QED) is 0.752. The van der Waals surface area contributed by atoms with E-state index >= 15 is 0 Å². The third-order valence-electron chi connectivity index (χ3n) is 2.84. The van der Waals surface area contributed by atoms with Crippen molar-refractivity contribution in [3.05, 3.63) is 36.0 Å². The van der Waals surface area contributed by atoms with Crippen LogP contribution >= 0.6 is 0 Å². The van der Waals surface area contributed by atoms with Crippen LogP contribution in [0.25, 0.3) is 0 Å². The zero-order valence-electron chi connectivity index (χ0n) is 12.6. The van der Waals surface area contributed by atoms with Crippen molar-refractivity contribution in [1.82, 2.24) is 15.5 Å². The third-order valence-corrected chi connectivity index (χ3v) is 2.84. The third kappa shape index (κ3) is 4.75. The highest BCUT2D eigenvalue weighted by atomic mass is 16.5. The molecule has 0 aliphatic carbocycles. The molecule has 114 valence electrons. The largest absolute Gasteiger partial charge is 0.493 e. The Balaban J connectivity index is 1.85. The molecule has 0 amide bonds. The standard InChI is InChI=1S/C15H21N3O3/c1-11(2)20-13-5-4-12(8-14(13)19-3)9-16-7-6-15-17-10-18-21-15/h4-5,8,10-11,16H,6-7,9H2,1-3H3.